The number of hydrogen-bond donors (Lipinski definition) is 2. The Morgan fingerprint density at radius 1 is 0.913 bits per heavy atom. The predicted molar refractivity (Wildman–Crippen MR) is 177 cm³/mol. The van der Waals surface area contributed by atoms with Crippen molar-refractivity contribution in [1.82, 2.24) is 9.97 Å². The molecule has 254 valence electrons. The highest BCUT2D eigenvalue weighted by Crippen LogP contribution is 2.34. The Hall–Kier alpha value is -1.94. The number of ether oxygens (including phenoxy) is 2. The van der Waals surface area contributed by atoms with E-state index in [1.165, 1.54) is 65.8 Å². The van der Waals surface area contributed by atoms with E-state index in [1.807, 2.05) is 0 Å². The smallest absolute Gasteiger partial charge is 0.387 e. The quantitative estimate of drug-likeness (QED) is 0.0695. The van der Waals surface area contributed by atoms with Gasteiger partial charge in [0.1, 0.15) is 31.8 Å². The number of thiazole rings is 2. The molecule has 2 heterocycles. The van der Waals surface area contributed by atoms with Crippen LogP contribution >= 0.6 is 86.4 Å². The van der Waals surface area contributed by atoms with Crippen molar-refractivity contribution in [2.75, 3.05) is 6.26 Å². The number of amidine groups is 1. The summed E-state index contributed by atoms with van der Waals surface area (Å²) < 4.78 is 107. The number of alkyl halides is 4. The minimum absolute atomic E-state index is 0. The number of halogens is 9. The van der Waals surface area contributed by atoms with Crippen LogP contribution in [0.5, 0.6) is 11.5 Å². The van der Waals surface area contributed by atoms with Crippen LogP contribution in [0.3, 0.4) is 0 Å². The number of nitrogens with two attached hydrogens (primary N) is 1. The standard InChI is InChI=1S/C11H7ClF3NOS2.C9H9F3N2OS.C4H4ClNO2S2.BrH/c12-9-4-16-11(19-9)18-5-6-7(13)2-1-3-8(6)17-10(14)15;10-6-2-1-3-7(15-8(11)12)5(6)4-16-9(13)14;1-10(7,8)4-6-2-3(5)9-4;/h1-4,10H,5H2;1-3,8H,4H2,(H3,13,14);2H,1H3;1H. The molecule has 3 N–H and O–H groups in total. The number of thioether (sulfide) groups is 2. The first-order chi connectivity index (χ1) is 21.1. The van der Waals surface area contributed by atoms with Gasteiger partial charge in [-0.15, -0.1) is 17.0 Å². The highest BCUT2D eigenvalue weighted by molar-refractivity contribution is 8.93. The van der Waals surface area contributed by atoms with Crippen LogP contribution in [0.15, 0.2) is 57.5 Å². The van der Waals surface area contributed by atoms with Gasteiger partial charge >= 0.3 is 13.2 Å². The minimum atomic E-state index is -3.16. The molecular weight excluding hydrogens is 833 g/mol. The maximum Gasteiger partial charge on any atom is 0.387 e. The lowest BCUT2D eigenvalue weighted by Crippen LogP contribution is -2.08. The maximum absolute atomic E-state index is 13.6. The Bertz CT molecular complexity index is 1670. The maximum atomic E-state index is 13.6. The first kappa shape index (κ1) is 42.1. The Labute approximate surface area is 296 Å². The summed E-state index contributed by atoms with van der Waals surface area (Å²) >= 11 is 15.4. The molecule has 22 heteroatoms. The molecule has 4 aromatic rings. The molecule has 0 fully saturated rings. The summed E-state index contributed by atoms with van der Waals surface area (Å²) in [5.41, 5.74) is 5.13. The van der Waals surface area contributed by atoms with Crippen molar-refractivity contribution in [2.45, 2.75) is 33.4 Å². The van der Waals surface area contributed by atoms with Gasteiger partial charge in [-0.2, -0.15) is 17.6 Å². The van der Waals surface area contributed by atoms with Crippen molar-refractivity contribution in [1.29, 1.82) is 5.41 Å². The largest absolute Gasteiger partial charge is 0.434 e. The van der Waals surface area contributed by atoms with Gasteiger partial charge in [-0.25, -0.2) is 27.2 Å². The van der Waals surface area contributed by atoms with E-state index in [9.17, 15) is 34.8 Å². The summed E-state index contributed by atoms with van der Waals surface area (Å²) in [5, 5.41) is 6.74. The lowest BCUT2D eigenvalue weighted by atomic mass is 10.2. The molecule has 0 bridgehead atoms. The molecule has 0 unspecified atom stereocenters. The van der Waals surface area contributed by atoms with E-state index in [1.54, 1.807) is 0 Å². The fourth-order valence-corrected chi connectivity index (χ4v) is 7.39. The monoisotopic (exact) mass is 852 g/mol. The van der Waals surface area contributed by atoms with Crippen LogP contribution in [0, 0.1) is 17.0 Å². The van der Waals surface area contributed by atoms with Crippen molar-refractivity contribution in [3.8, 4) is 11.5 Å². The van der Waals surface area contributed by atoms with E-state index in [4.69, 9.17) is 34.3 Å². The van der Waals surface area contributed by atoms with Crippen LogP contribution in [0.1, 0.15) is 11.1 Å². The lowest BCUT2D eigenvalue weighted by molar-refractivity contribution is -0.0511. The van der Waals surface area contributed by atoms with Crippen molar-refractivity contribution in [3.63, 3.8) is 0 Å². The normalized spacial score (nSPS) is 10.8. The molecule has 0 aliphatic heterocycles. The van der Waals surface area contributed by atoms with E-state index in [2.05, 4.69) is 19.4 Å². The van der Waals surface area contributed by atoms with Crippen LogP contribution in [-0.4, -0.2) is 43.0 Å². The molecule has 8 nitrogen and oxygen atoms in total. The zero-order valence-electron chi connectivity index (χ0n) is 22.8. The highest BCUT2D eigenvalue weighted by Gasteiger charge is 2.16. The molecule has 0 aliphatic carbocycles. The molecule has 0 radical (unpaired) electrons. The second kappa shape index (κ2) is 20.4. The average Bonchev–Trinajstić information content (AvgIpc) is 3.56. The summed E-state index contributed by atoms with van der Waals surface area (Å²) in [6.07, 6.45) is 3.90. The van der Waals surface area contributed by atoms with Gasteiger partial charge in [-0.1, -0.05) is 81.5 Å². The van der Waals surface area contributed by atoms with Crippen molar-refractivity contribution >= 4 is 101 Å². The zero-order valence-corrected chi connectivity index (χ0v) is 30.1. The van der Waals surface area contributed by atoms with Crippen molar-refractivity contribution < 1.29 is 44.2 Å². The Morgan fingerprint density at radius 2 is 1.39 bits per heavy atom. The fraction of sp³-hybridized carbons (Fsp3) is 0.208. The number of aromatic nitrogens is 2. The van der Waals surface area contributed by atoms with E-state index < -0.39 is 34.7 Å². The first-order valence-corrected chi connectivity index (χ1v) is 17.8. The molecule has 0 atom stereocenters. The first-order valence-electron chi connectivity index (χ1n) is 11.5. The SMILES string of the molecule is Br.CS(=O)(=O)c1ncc(Cl)s1.Fc1cccc(OC(F)F)c1CSc1ncc(Cl)s1.N=C(N)SCc1c(F)cccc1OC(F)F. The van der Waals surface area contributed by atoms with Crippen LogP contribution in [0.2, 0.25) is 8.67 Å². The van der Waals surface area contributed by atoms with Gasteiger partial charge < -0.3 is 15.2 Å². The number of hydrogen-bond acceptors (Lipinski definition) is 11. The van der Waals surface area contributed by atoms with E-state index in [0.717, 1.165) is 35.4 Å². The minimum Gasteiger partial charge on any atom is -0.434 e. The molecule has 2 aromatic carbocycles. The third kappa shape index (κ3) is 15.3. The van der Waals surface area contributed by atoms with Gasteiger partial charge in [0, 0.05) is 28.9 Å². The lowest BCUT2D eigenvalue weighted by Gasteiger charge is -2.10. The Kier molecular flexibility index (Phi) is 18.7. The molecule has 0 saturated heterocycles. The number of sulfone groups is 1. The van der Waals surface area contributed by atoms with Gasteiger partial charge in [-0.3, -0.25) is 5.41 Å². The summed E-state index contributed by atoms with van der Waals surface area (Å²) in [7, 11) is -3.16. The van der Waals surface area contributed by atoms with Gasteiger partial charge in [0.2, 0.25) is 14.2 Å². The number of benzene rings is 2. The molecule has 0 spiro atoms. The van der Waals surface area contributed by atoms with Crippen LogP contribution in [-0.2, 0) is 21.3 Å². The fourth-order valence-electron chi connectivity index (χ4n) is 2.77. The number of nitrogens with zero attached hydrogens (tertiary/aromatic N) is 2. The van der Waals surface area contributed by atoms with Gasteiger partial charge in [0.25, 0.3) is 0 Å². The summed E-state index contributed by atoms with van der Waals surface area (Å²) in [5.74, 6) is -1.53. The molecule has 46 heavy (non-hydrogen) atoms. The molecule has 4 rings (SSSR count). The Balaban J connectivity index is 0.000000357. The Morgan fingerprint density at radius 3 is 1.76 bits per heavy atom. The molecule has 2 aromatic heterocycles. The van der Waals surface area contributed by atoms with Crippen LogP contribution in [0.4, 0.5) is 26.3 Å². The topological polar surface area (TPSA) is 128 Å². The third-order valence-electron chi connectivity index (χ3n) is 4.53. The predicted octanol–water partition coefficient (Wildman–Crippen LogP) is 9.16. The van der Waals surface area contributed by atoms with Crippen LogP contribution < -0.4 is 15.2 Å². The summed E-state index contributed by atoms with van der Waals surface area (Å²) in [4.78, 5) is 7.57. The third-order valence-corrected chi connectivity index (χ3v) is 10.4. The second-order valence-corrected chi connectivity index (χ2v) is 15.5. The molecule has 0 aliphatic rings. The molecule has 0 saturated carbocycles. The van der Waals surface area contributed by atoms with Crippen molar-refractivity contribution in [3.05, 3.63) is 80.2 Å². The summed E-state index contributed by atoms with van der Waals surface area (Å²) in [6.45, 7) is -6.00. The summed E-state index contributed by atoms with van der Waals surface area (Å²) in [6, 6.07) is 7.47. The van der Waals surface area contributed by atoms with E-state index >= 15 is 0 Å². The molecular formula is C24H21BrCl2F6N4O4S5. The van der Waals surface area contributed by atoms with Gasteiger partial charge in [-0.05, 0) is 24.3 Å². The van der Waals surface area contributed by atoms with Crippen LogP contribution in [0.25, 0.3) is 0 Å². The van der Waals surface area contributed by atoms with Gasteiger partial charge in [0.05, 0.1) is 12.4 Å². The average molecular weight is 855 g/mol. The van der Waals surface area contributed by atoms with Crippen molar-refractivity contribution in [2.24, 2.45) is 5.73 Å². The second-order valence-electron chi connectivity index (χ2n) is 7.76. The zero-order chi connectivity index (χ0) is 33.7. The van der Waals surface area contributed by atoms with E-state index in [-0.39, 0.29) is 60.6 Å². The highest BCUT2D eigenvalue weighted by atomic mass is 79.9. The number of rotatable bonds is 10. The van der Waals surface area contributed by atoms with E-state index in [0.29, 0.717) is 13.0 Å². The molecule has 0 amide bonds. The van der Waals surface area contributed by atoms with Gasteiger partial charge in [0.15, 0.2) is 9.51 Å². The number of nitrogens with one attached hydrogen (secondary N) is 1.